The van der Waals surface area contributed by atoms with E-state index < -0.39 is 0 Å². The molecule has 3 heteroatoms. The first-order valence-corrected chi connectivity index (χ1v) is 5.55. The number of nitrogens with one attached hydrogen (secondary N) is 1. The summed E-state index contributed by atoms with van der Waals surface area (Å²) in [6.45, 7) is 7.70. The molecule has 16 heavy (non-hydrogen) atoms. The van der Waals surface area contributed by atoms with Crippen LogP contribution in [0.2, 0.25) is 0 Å². The number of benzene rings is 1. The van der Waals surface area contributed by atoms with E-state index >= 15 is 0 Å². The molecule has 0 saturated heterocycles. The smallest absolute Gasteiger partial charge is 0.228 e. The quantitative estimate of drug-likeness (QED) is 0.820. The number of amides is 1. The highest BCUT2D eigenvalue weighted by Crippen LogP contribution is 2.15. The minimum atomic E-state index is -0.180. The largest absolute Gasteiger partial charge is 0.327 e. The third-order valence-corrected chi connectivity index (χ3v) is 2.69. The lowest BCUT2D eigenvalue weighted by atomic mass is 10.0. The average Bonchev–Trinajstić information content (AvgIpc) is 2.14. The molecule has 2 unspecified atom stereocenters. The Hall–Kier alpha value is -1.35. The molecular weight excluding hydrogens is 200 g/mol. The second kappa shape index (κ2) is 5.12. The van der Waals surface area contributed by atoms with Crippen LogP contribution in [-0.2, 0) is 4.79 Å². The van der Waals surface area contributed by atoms with Gasteiger partial charge in [-0.05, 0) is 44.0 Å². The van der Waals surface area contributed by atoms with Crippen LogP contribution in [0.5, 0.6) is 0 Å². The van der Waals surface area contributed by atoms with Crippen LogP contribution in [0.3, 0.4) is 0 Å². The Balaban J connectivity index is 2.77. The van der Waals surface area contributed by atoms with Gasteiger partial charge in [-0.15, -0.1) is 0 Å². The highest BCUT2D eigenvalue weighted by molar-refractivity contribution is 5.92. The van der Waals surface area contributed by atoms with Gasteiger partial charge in [0.25, 0.3) is 0 Å². The molecule has 0 aliphatic heterocycles. The third-order valence-electron chi connectivity index (χ3n) is 2.69. The molecular formula is C13H20N2O. The first-order chi connectivity index (χ1) is 7.40. The number of aryl methyl sites for hydroxylation is 2. The highest BCUT2D eigenvalue weighted by Gasteiger charge is 2.16. The molecule has 0 spiro atoms. The zero-order chi connectivity index (χ0) is 12.3. The molecule has 1 aromatic carbocycles. The number of carbonyl (C=O) groups excluding carboxylic acids is 1. The van der Waals surface area contributed by atoms with Gasteiger partial charge >= 0.3 is 0 Å². The number of nitrogens with two attached hydrogens (primary N) is 1. The van der Waals surface area contributed by atoms with E-state index in [0.29, 0.717) is 0 Å². The Morgan fingerprint density at radius 1 is 1.19 bits per heavy atom. The van der Waals surface area contributed by atoms with Crippen LogP contribution >= 0.6 is 0 Å². The molecule has 3 nitrogen and oxygen atoms in total. The van der Waals surface area contributed by atoms with E-state index in [9.17, 15) is 4.79 Å². The minimum Gasteiger partial charge on any atom is -0.327 e. The molecule has 1 amide bonds. The summed E-state index contributed by atoms with van der Waals surface area (Å²) in [6.07, 6.45) is 0. The van der Waals surface area contributed by atoms with Crippen molar-refractivity contribution in [1.82, 2.24) is 0 Å². The molecule has 0 fully saturated rings. The molecule has 1 rings (SSSR count). The van der Waals surface area contributed by atoms with Crippen molar-refractivity contribution in [3.63, 3.8) is 0 Å². The van der Waals surface area contributed by atoms with E-state index in [1.165, 1.54) is 0 Å². The first-order valence-electron chi connectivity index (χ1n) is 5.55. The van der Waals surface area contributed by atoms with Crippen LogP contribution in [0, 0.1) is 19.8 Å². The Morgan fingerprint density at radius 3 is 2.12 bits per heavy atom. The molecule has 0 aromatic heterocycles. The highest BCUT2D eigenvalue weighted by atomic mass is 16.1. The summed E-state index contributed by atoms with van der Waals surface area (Å²) in [5.41, 5.74) is 8.82. The standard InChI is InChI=1S/C13H20N2O/c1-8-5-9(2)7-12(6-8)15-13(16)10(3)11(4)14/h5-7,10-11H,14H2,1-4H3,(H,15,16). The molecule has 0 radical (unpaired) electrons. The van der Waals surface area contributed by atoms with E-state index in [2.05, 4.69) is 11.4 Å². The van der Waals surface area contributed by atoms with Gasteiger partial charge in [0.2, 0.25) is 5.91 Å². The van der Waals surface area contributed by atoms with Crippen LogP contribution in [0.15, 0.2) is 18.2 Å². The second-order valence-electron chi connectivity index (χ2n) is 4.51. The summed E-state index contributed by atoms with van der Waals surface area (Å²) in [4.78, 5) is 11.8. The predicted octanol–water partition coefficient (Wildman–Crippen LogP) is 2.23. The second-order valence-corrected chi connectivity index (χ2v) is 4.51. The maximum atomic E-state index is 11.8. The summed E-state index contributed by atoms with van der Waals surface area (Å²) in [6, 6.07) is 5.85. The van der Waals surface area contributed by atoms with Gasteiger partial charge in [-0.2, -0.15) is 0 Å². The topological polar surface area (TPSA) is 55.1 Å². The summed E-state index contributed by atoms with van der Waals surface area (Å²) in [7, 11) is 0. The maximum Gasteiger partial charge on any atom is 0.228 e. The molecule has 3 N–H and O–H groups in total. The van der Waals surface area contributed by atoms with Crippen LogP contribution in [0.1, 0.15) is 25.0 Å². The Labute approximate surface area is 97.0 Å². The maximum absolute atomic E-state index is 11.8. The van der Waals surface area contributed by atoms with Gasteiger partial charge in [0, 0.05) is 11.7 Å². The van der Waals surface area contributed by atoms with Crippen molar-refractivity contribution in [2.45, 2.75) is 33.7 Å². The number of anilines is 1. The lowest BCUT2D eigenvalue weighted by Gasteiger charge is -2.15. The summed E-state index contributed by atoms with van der Waals surface area (Å²) >= 11 is 0. The predicted molar refractivity (Wildman–Crippen MR) is 67.4 cm³/mol. The molecule has 1 aromatic rings. The van der Waals surface area contributed by atoms with Gasteiger partial charge in [0.1, 0.15) is 0 Å². The van der Waals surface area contributed by atoms with E-state index in [1.807, 2.05) is 39.8 Å². The van der Waals surface area contributed by atoms with Gasteiger partial charge in [0.05, 0.1) is 5.92 Å². The van der Waals surface area contributed by atoms with Crippen molar-refractivity contribution in [2.24, 2.45) is 11.7 Å². The molecule has 0 heterocycles. The van der Waals surface area contributed by atoms with E-state index in [4.69, 9.17) is 5.73 Å². The Morgan fingerprint density at radius 2 is 1.69 bits per heavy atom. The van der Waals surface area contributed by atoms with Gasteiger partial charge in [0.15, 0.2) is 0 Å². The lowest BCUT2D eigenvalue weighted by Crippen LogP contribution is -2.34. The van der Waals surface area contributed by atoms with Crippen molar-refractivity contribution in [3.05, 3.63) is 29.3 Å². The fourth-order valence-electron chi connectivity index (χ4n) is 1.54. The van der Waals surface area contributed by atoms with Crippen LogP contribution in [0.25, 0.3) is 0 Å². The van der Waals surface area contributed by atoms with Gasteiger partial charge < -0.3 is 11.1 Å². The molecule has 0 bridgehead atoms. The molecule has 0 aliphatic rings. The molecule has 88 valence electrons. The van der Waals surface area contributed by atoms with Crippen molar-refractivity contribution in [3.8, 4) is 0 Å². The van der Waals surface area contributed by atoms with Crippen molar-refractivity contribution in [2.75, 3.05) is 5.32 Å². The van der Waals surface area contributed by atoms with Gasteiger partial charge in [-0.3, -0.25) is 4.79 Å². The van der Waals surface area contributed by atoms with Crippen LogP contribution < -0.4 is 11.1 Å². The zero-order valence-electron chi connectivity index (χ0n) is 10.4. The lowest BCUT2D eigenvalue weighted by molar-refractivity contribution is -0.119. The molecule has 0 saturated carbocycles. The normalized spacial score (nSPS) is 14.3. The average molecular weight is 220 g/mol. The summed E-state index contributed by atoms with van der Waals surface area (Å²) < 4.78 is 0. The Bertz CT molecular complexity index is 365. The Kier molecular flexibility index (Phi) is 4.07. The fourth-order valence-corrected chi connectivity index (χ4v) is 1.54. The van der Waals surface area contributed by atoms with Crippen LogP contribution in [0.4, 0.5) is 5.69 Å². The fraction of sp³-hybridized carbons (Fsp3) is 0.462. The third kappa shape index (κ3) is 3.35. The first kappa shape index (κ1) is 12.7. The van der Waals surface area contributed by atoms with Crippen molar-refractivity contribution in [1.29, 1.82) is 0 Å². The number of carbonyl (C=O) groups is 1. The minimum absolute atomic E-state index is 0.0278. The van der Waals surface area contributed by atoms with E-state index in [-0.39, 0.29) is 17.9 Å². The molecule has 2 atom stereocenters. The molecule has 0 aliphatic carbocycles. The van der Waals surface area contributed by atoms with Gasteiger partial charge in [-0.1, -0.05) is 13.0 Å². The number of rotatable bonds is 3. The van der Waals surface area contributed by atoms with Crippen molar-refractivity contribution < 1.29 is 4.79 Å². The van der Waals surface area contributed by atoms with E-state index in [0.717, 1.165) is 16.8 Å². The van der Waals surface area contributed by atoms with Crippen molar-refractivity contribution >= 4 is 11.6 Å². The SMILES string of the molecule is Cc1cc(C)cc(NC(=O)C(C)C(C)N)c1. The van der Waals surface area contributed by atoms with E-state index in [1.54, 1.807) is 0 Å². The number of hydrogen-bond acceptors (Lipinski definition) is 2. The van der Waals surface area contributed by atoms with Crippen LogP contribution in [-0.4, -0.2) is 11.9 Å². The number of hydrogen-bond donors (Lipinski definition) is 2. The summed E-state index contributed by atoms with van der Waals surface area (Å²) in [5, 5.41) is 2.89. The van der Waals surface area contributed by atoms with Gasteiger partial charge in [-0.25, -0.2) is 0 Å². The monoisotopic (exact) mass is 220 g/mol. The zero-order valence-corrected chi connectivity index (χ0v) is 10.4. The summed E-state index contributed by atoms with van der Waals surface area (Å²) in [5.74, 6) is -0.208.